The molecule has 0 nitrogen and oxygen atoms in total. The van der Waals surface area contributed by atoms with E-state index < -0.39 is 0 Å². The van der Waals surface area contributed by atoms with Gasteiger partial charge < -0.3 is 0 Å². The molecule has 18 valence electrons. The van der Waals surface area contributed by atoms with Gasteiger partial charge in [0.05, 0.1) is 0 Å². The van der Waals surface area contributed by atoms with E-state index in [-0.39, 0.29) is 91.5 Å². The van der Waals surface area contributed by atoms with Crippen molar-refractivity contribution in [2.45, 2.75) is 0 Å². The number of rotatable bonds is 0. The molecule has 0 aromatic rings. The van der Waals surface area contributed by atoms with Gasteiger partial charge in [0.2, 0.25) is 0 Å². The molecule has 0 saturated carbocycles. The summed E-state index contributed by atoms with van der Waals surface area (Å²) in [5.41, 5.74) is 0. The van der Waals surface area contributed by atoms with Crippen LogP contribution in [0, 0.1) is 0 Å². The van der Waals surface area contributed by atoms with Crippen molar-refractivity contribution in [1.29, 1.82) is 0 Å². The van der Waals surface area contributed by atoms with Crippen LogP contribution in [0.25, 0.3) is 0 Å². The van der Waals surface area contributed by atoms with Crippen LogP contribution in [0.1, 0.15) is 0 Å². The average Bonchev–Trinajstić information content (AvgIpc) is 0. The molecule has 0 aliphatic carbocycles. The Kier molecular flexibility index (Phi) is 116. The zero-order valence-electron chi connectivity index (χ0n) is 1.50. The van der Waals surface area contributed by atoms with Crippen molar-refractivity contribution in [2.24, 2.45) is 0 Å². The SMILES string of the molecule is [AlH3].[Ti].[Zr].[Zr]. The van der Waals surface area contributed by atoms with Gasteiger partial charge in [0, 0.05) is 74.1 Å². The summed E-state index contributed by atoms with van der Waals surface area (Å²) < 4.78 is 0. The first-order valence-corrected chi connectivity index (χ1v) is 0. The molecule has 4 heavy (non-hydrogen) atoms. The summed E-state index contributed by atoms with van der Waals surface area (Å²) >= 11 is 0. The van der Waals surface area contributed by atoms with Gasteiger partial charge in [-0.15, -0.1) is 0 Å². The molecule has 0 aromatic carbocycles. The van der Waals surface area contributed by atoms with Crippen LogP contribution < -0.4 is 0 Å². The molecule has 0 aliphatic rings. The fourth-order valence-electron chi connectivity index (χ4n) is 0. The first kappa shape index (κ1) is 27.9. The van der Waals surface area contributed by atoms with E-state index in [1.165, 1.54) is 0 Å². The molecule has 0 atom stereocenters. The molecular weight excluding hydrogens is 257 g/mol. The van der Waals surface area contributed by atoms with Crippen molar-refractivity contribution < 1.29 is 74.1 Å². The number of hydrogen-bond acceptors (Lipinski definition) is 0. The maximum absolute atomic E-state index is 0. The topological polar surface area (TPSA) is 0 Å². The molecule has 0 amide bonds. The predicted molar refractivity (Wildman–Crippen MR) is 9.94 cm³/mol. The molecule has 0 rings (SSSR count). The van der Waals surface area contributed by atoms with Crippen molar-refractivity contribution in [3.8, 4) is 0 Å². The molecule has 0 fully saturated rings. The minimum atomic E-state index is 0. The zero-order valence-corrected chi connectivity index (χ0v) is 7.98. The largest absolute Gasteiger partial charge is 0.187 e. The molecule has 0 aliphatic heterocycles. The molecule has 0 unspecified atom stereocenters. The van der Waals surface area contributed by atoms with Crippen LogP contribution in [0.4, 0.5) is 0 Å². The van der Waals surface area contributed by atoms with Gasteiger partial charge in [-0.2, -0.15) is 0 Å². The molecule has 0 bridgehead atoms. The Morgan fingerprint density at radius 3 is 0.750 bits per heavy atom. The van der Waals surface area contributed by atoms with Crippen LogP contribution in [-0.4, -0.2) is 17.4 Å². The Morgan fingerprint density at radius 1 is 0.750 bits per heavy atom. The quantitative estimate of drug-likeness (QED) is 0.481. The second-order valence-corrected chi connectivity index (χ2v) is 0. The number of hydrogen-bond donors (Lipinski definition) is 0. The Balaban J connectivity index is 0. The third kappa shape index (κ3) is 8.89. The van der Waals surface area contributed by atoms with Gasteiger partial charge in [-0.3, -0.25) is 0 Å². The van der Waals surface area contributed by atoms with Crippen LogP contribution in [0.5, 0.6) is 0 Å². The van der Waals surface area contributed by atoms with Crippen LogP contribution in [0.2, 0.25) is 0 Å². The standard InChI is InChI=1S/Al.Ti.2Zr.3H. The molecule has 0 N–H and O–H groups in total. The van der Waals surface area contributed by atoms with Gasteiger partial charge in [-0.05, 0) is 0 Å². The van der Waals surface area contributed by atoms with Crippen LogP contribution >= 0.6 is 0 Å². The minimum absolute atomic E-state index is 0. The monoisotopic (exact) mass is 258 g/mol. The first-order valence-electron chi connectivity index (χ1n) is 0. The van der Waals surface area contributed by atoms with Gasteiger partial charge in [0.15, 0.2) is 17.4 Å². The van der Waals surface area contributed by atoms with E-state index in [1.54, 1.807) is 0 Å². The summed E-state index contributed by atoms with van der Waals surface area (Å²) in [6, 6.07) is 0. The first-order chi connectivity index (χ1) is 0. The van der Waals surface area contributed by atoms with Gasteiger partial charge in [0.25, 0.3) is 0 Å². The third-order valence-electron chi connectivity index (χ3n) is 0. The molecule has 0 radical (unpaired) electrons. The van der Waals surface area contributed by atoms with Crippen LogP contribution in [-0.2, 0) is 74.1 Å². The van der Waals surface area contributed by atoms with Crippen molar-refractivity contribution in [1.82, 2.24) is 0 Å². The minimum Gasteiger partial charge on any atom is 0 e. The van der Waals surface area contributed by atoms with E-state index in [1.807, 2.05) is 0 Å². The Hall–Kier alpha value is 3.01. The summed E-state index contributed by atoms with van der Waals surface area (Å²) in [6.07, 6.45) is 0. The van der Waals surface area contributed by atoms with Crippen LogP contribution in [0.3, 0.4) is 0 Å². The van der Waals surface area contributed by atoms with Crippen molar-refractivity contribution in [3.05, 3.63) is 0 Å². The second kappa shape index (κ2) is 16.6. The predicted octanol–water partition coefficient (Wildman–Crippen LogP) is -1.19. The smallest absolute Gasteiger partial charge is 0 e. The Bertz CT molecular complexity index is 6.00. The normalized spacial score (nSPS) is 0. The maximum Gasteiger partial charge on any atom is 0.187 e. The fourth-order valence-corrected chi connectivity index (χ4v) is 0. The average molecular weight is 260 g/mol. The van der Waals surface area contributed by atoms with Gasteiger partial charge in [-0.25, -0.2) is 0 Å². The van der Waals surface area contributed by atoms with Crippen LogP contribution in [0.15, 0.2) is 0 Å². The molecule has 0 heterocycles. The van der Waals surface area contributed by atoms with Crippen molar-refractivity contribution in [3.63, 3.8) is 0 Å². The maximum atomic E-state index is 0. The summed E-state index contributed by atoms with van der Waals surface area (Å²) in [5.74, 6) is 0. The Morgan fingerprint density at radius 2 is 0.750 bits per heavy atom. The summed E-state index contributed by atoms with van der Waals surface area (Å²) in [7, 11) is 0. The van der Waals surface area contributed by atoms with E-state index in [2.05, 4.69) is 0 Å². The molecule has 0 spiro atoms. The van der Waals surface area contributed by atoms with Crippen molar-refractivity contribution in [2.75, 3.05) is 0 Å². The second-order valence-electron chi connectivity index (χ2n) is 0. The van der Waals surface area contributed by atoms with Gasteiger partial charge in [0.1, 0.15) is 0 Å². The summed E-state index contributed by atoms with van der Waals surface area (Å²) in [6.45, 7) is 0. The molecule has 0 saturated heterocycles. The summed E-state index contributed by atoms with van der Waals surface area (Å²) in [5, 5.41) is 0. The Labute approximate surface area is 89.7 Å². The van der Waals surface area contributed by atoms with Crippen molar-refractivity contribution >= 4 is 17.4 Å². The zero-order chi connectivity index (χ0) is 0. The van der Waals surface area contributed by atoms with E-state index in [0.717, 1.165) is 0 Å². The van der Waals surface area contributed by atoms with E-state index in [0.29, 0.717) is 0 Å². The molecular formula is H3AlTiZr2. The summed E-state index contributed by atoms with van der Waals surface area (Å²) in [4.78, 5) is 0. The molecule has 0 aromatic heterocycles. The van der Waals surface area contributed by atoms with Gasteiger partial charge >= 0.3 is 0 Å². The molecule has 4 heteroatoms. The van der Waals surface area contributed by atoms with E-state index >= 15 is 0 Å². The van der Waals surface area contributed by atoms with E-state index in [9.17, 15) is 0 Å². The fraction of sp³-hybridized carbons (Fsp3) is 0. The van der Waals surface area contributed by atoms with Gasteiger partial charge in [-0.1, -0.05) is 0 Å². The van der Waals surface area contributed by atoms with E-state index in [4.69, 9.17) is 0 Å². The third-order valence-corrected chi connectivity index (χ3v) is 0.